The number of alkyl halides is 1. The third-order valence-corrected chi connectivity index (χ3v) is 1.86. The van der Waals surface area contributed by atoms with Crippen molar-refractivity contribution < 1.29 is 19.1 Å². The Balaban J connectivity index is 4.34. The maximum Gasteiger partial charge on any atom is 0.408 e. The Morgan fingerprint density at radius 3 is 2.35 bits per heavy atom. The lowest BCUT2D eigenvalue weighted by Crippen LogP contribution is -2.44. The van der Waals surface area contributed by atoms with Gasteiger partial charge in [0.1, 0.15) is 11.6 Å². The largest absolute Gasteiger partial charge is 0.448 e. The van der Waals surface area contributed by atoms with Crippen LogP contribution in [0.15, 0.2) is 0 Å². The zero-order chi connectivity index (χ0) is 13.5. The summed E-state index contributed by atoms with van der Waals surface area (Å²) in [4.78, 5) is 22.9. The van der Waals surface area contributed by atoms with E-state index in [1.807, 2.05) is 6.92 Å². The van der Waals surface area contributed by atoms with Gasteiger partial charge in [-0.15, -0.1) is 0 Å². The molecule has 0 aromatic rings. The highest BCUT2D eigenvalue weighted by atomic mass is 35.5. The first-order chi connectivity index (χ1) is 7.80. The Labute approximate surface area is 107 Å². The van der Waals surface area contributed by atoms with Gasteiger partial charge in [0.05, 0.1) is 0 Å². The molecule has 1 unspecified atom stereocenters. The second kappa shape index (κ2) is 7.37. The summed E-state index contributed by atoms with van der Waals surface area (Å²) in [5, 5.41) is 2.46. The first-order valence-electron chi connectivity index (χ1n) is 5.52. The maximum absolute atomic E-state index is 11.5. The van der Waals surface area contributed by atoms with Crippen molar-refractivity contribution in [3.05, 3.63) is 0 Å². The Hall–Kier alpha value is -0.970. The number of esters is 1. The van der Waals surface area contributed by atoms with Crippen LogP contribution in [0.1, 0.15) is 40.5 Å². The van der Waals surface area contributed by atoms with Crippen LogP contribution in [0.3, 0.4) is 0 Å². The zero-order valence-corrected chi connectivity index (χ0v) is 11.5. The fraction of sp³-hybridized carbons (Fsp3) is 0.818. The third kappa shape index (κ3) is 7.85. The summed E-state index contributed by atoms with van der Waals surface area (Å²) in [5.74, 6) is -0.548. The first-order valence-corrected chi connectivity index (χ1v) is 6.05. The number of halogens is 1. The van der Waals surface area contributed by atoms with E-state index in [-0.39, 0.29) is 6.07 Å². The van der Waals surface area contributed by atoms with Gasteiger partial charge in [-0.3, -0.25) is 0 Å². The van der Waals surface area contributed by atoms with Gasteiger partial charge in [0.15, 0.2) is 6.07 Å². The molecule has 6 heteroatoms. The van der Waals surface area contributed by atoms with Crippen molar-refractivity contribution in [1.82, 2.24) is 5.32 Å². The summed E-state index contributed by atoms with van der Waals surface area (Å²) in [7, 11) is 0. The molecule has 0 saturated heterocycles. The van der Waals surface area contributed by atoms with E-state index < -0.39 is 23.7 Å². The van der Waals surface area contributed by atoms with Crippen molar-refractivity contribution in [3.63, 3.8) is 0 Å². The average molecular weight is 266 g/mol. The average Bonchev–Trinajstić information content (AvgIpc) is 2.14. The van der Waals surface area contributed by atoms with Crippen molar-refractivity contribution in [1.29, 1.82) is 0 Å². The summed E-state index contributed by atoms with van der Waals surface area (Å²) in [6.45, 7) is 7.15. The predicted octanol–water partition coefficient (Wildman–Crippen LogP) is 2.42. The van der Waals surface area contributed by atoms with Gasteiger partial charge in [-0.05, 0) is 27.2 Å². The minimum absolute atomic E-state index is 0.227. The highest BCUT2D eigenvalue weighted by Gasteiger charge is 2.24. The predicted molar refractivity (Wildman–Crippen MR) is 64.9 cm³/mol. The van der Waals surface area contributed by atoms with Crippen molar-refractivity contribution in [2.75, 3.05) is 6.07 Å². The molecule has 0 spiro atoms. The molecule has 0 aromatic carbocycles. The standard InChI is InChI=1S/C11H20ClNO4/c1-5-6-8(9(14)16-7-12)13-10(15)17-11(2,3)4/h8H,5-7H2,1-4H3,(H,13,15). The van der Waals surface area contributed by atoms with Crippen LogP contribution in [0.5, 0.6) is 0 Å². The van der Waals surface area contributed by atoms with Gasteiger partial charge in [-0.25, -0.2) is 9.59 Å². The molecule has 17 heavy (non-hydrogen) atoms. The highest BCUT2D eigenvalue weighted by molar-refractivity contribution is 6.17. The Morgan fingerprint density at radius 2 is 1.94 bits per heavy atom. The Morgan fingerprint density at radius 1 is 1.35 bits per heavy atom. The second-order valence-electron chi connectivity index (χ2n) is 4.56. The van der Waals surface area contributed by atoms with E-state index in [4.69, 9.17) is 16.3 Å². The van der Waals surface area contributed by atoms with Gasteiger partial charge in [-0.2, -0.15) is 0 Å². The van der Waals surface area contributed by atoms with E-state index >= 15 is 0 Å². The van der Waals surface area contributed by atoms with E-state index in [9.17, 15) is 9.59 Å². The molecular weight excluding hydrogens is 246 g/mol. The lowest BCUT2D eigenvalue weighted by Gasteiger charge is -2.22. The van der Waals surface area contributed by atoms with Crippen LogP contribution in [0, 0.1) is 0 Å². The molecule has 0 aliphatic heterocycles. The molecule has 0 bridgehead atoms. The molecular formula is C11H20ClNO4. The SMILES string of the molecule is CCCC(NC(=O)OC(C)(C)C)C(=O)OCCl. The molecule has 100 valence electrons. The zero-order valence-electron chi connectivity index (χ0n) is 10.7. The van der Waals surface area contributed by atoms with Crippen molar-refractivity contribution in [2.45, 2.75) is 52.2 Å². The number of nitrogens with one attached hydrogen (secondary N) is 1. The summed E-state index contributed by atoms with van der Waals surface area (Å²) < 4.78 is 9.70. The lowest BCUT2D eigenvalue weighted by atomic mass is 10.2. The van der Waals surface area contributed by atoms with Crippen molar-refractivity contribution >= 4 is 23.7 Å². The number of hydrogen-bond acceptors (Lipinski definition) is 4. The van der Waals surface area contributed by atoms with Crippen molar-refractivity contribution in [2.24, 2.45) is 0 Å². The topological polar surface area (TPSA) is 64.6 Å². The monoisotopic (exact) mass is 265 g/mol. The molecule has 0 aliphatic rings. The van der Waals surface area contributed by atoms with Gasteiger partial charge in [-0.1, -0.05) is 24.9 Å². The molecule has 0 radical (unpaired) electrons. The first kappa shape index (κ1) is 16.0. The van der Waals surface area contributed by atoms with Gasteiger partial charge in [0, 0.05) is 0 Å². The van der Waals surface area contributed by atoms with Crippen LogP contribution < -0.4 is 5.32 Å². The molecule has 0 saturated carbocycles. The maximum atomic E-state index is 11.5. The van der Waals surface area contributed by atoms with E-state index in [1.165, 1.54) is 0 Å². The summed E-state index contributed by atoms with van der Waals surface area (Å²) >= 11 is 5.30. The second-order valence-corrected chi connectivity index (χ2v) is 4.78. The molecule has 1 atom stereocenters. The summed E-state index contributed by atoms with van der Waals surface area (Å²) in [6, 6.07) is -0.941. The van der Waals surface area contributed by atoms with Crippen LogP contribution in [-0.4, -0.2) is 29.8 Å². The molecule has 0 rings (SSSR count). The van der Waals surface area contributed by atoms with E-state index in [2.05, 4.69) is 10.1 Å². The molecule has 0 aromatic heterocycles. The minimum atomic E-state index is -0.714. The van der Waals surface area contributed by atoms with Crippen LogP contribution in [0.2, 0.25) is 0 Å². The van der Waals surface area contributed by atoms with Gasteiger partial charge >= 0.3 is 12.1 Å². The van der Waals surface area contributed by atoms with Crippen molar-refractivity contribution in [3.8, 4) is 0 Å². The molecule has 0 fully saturated rings. The molecule has 1 N–H and O–H groups in total. The molecule has 0 heterocycles. The number of rotatable bonds is 5. The number of amides is 1. The Kier molecular flexibility index (Phi) is 6.95. The lowest BCUT2D eigenvalue weighted by molar-refractivity contribution is -0.144. The van der Waals surface area contributed by atoms with E-state index in [0.717, 1.165) is 6.42 Å². The van der Waals surface area contributed by atoms with Crippen LogP contribution in [0.4, 0.5) is 4.79 Å². The number of hydrogen-bond donors (Lipinski definition) is 1. The van der Waals surface area contributed by atoms with Crippen LogP contribution >= 0.6 is 11.6 Å². The quantitative estimate of drug-likeness (QED) is 0.612. The van der Waals surface area contributed by atoms with Crippen LogP contribution in [0.25, 0.3) is 0 Å². The fourth-order valence-electron chi connectivity index (χ4n) is 1.14. The smallest absolute Gasteiger partial charge is 0.408 e. The minimum Gasteiger partial charge on any atom is -0.448 e. The summed E-state index contributed by atoms with van der Waals surface area (Å²) in [5.41, 5.74) is -0.600. The van der Waals surface area contributed by atoms with E-state index in [0.29, 0.717) is 6.42 Å². The van der Waals surface area contributed by atoms with Crippen LogP contribution in [-0.2, 0) is 14.3 Å². The number of carbonyl (C=O) groups excluding carboxylic acids is 2. The molecule has 0 aliphatic carbocycles. The highest BCUT2D eigenvalue weighted by Crippen LogP contribution is 2.08. The summed E-state index contributed by atoms with van der Waals surface area (Å²) in [6.07, 6.45) is 0.578. The molecule has 1 amide bonds. The van der Waals surface area contributed by atoms with Gasteiger partial charge in [0.2, 0.25) is 0 Å². The number of ether oxygens (including phenoxy) is 2. The van der Waals surface area contributed by atoms with Gasteiger partial charge in [0.25, 0.3) is 0 Å². The Bertz CT molecular complexity index is 263. The number of carbonyl (C=O) groups is 2. The van der Waals surface area contributed by atoms with Gasteiger partial charge < -0.3 is 14.8 Å². The molecule has 5 nitrogen and oxygen atoms in total. The van der Waals surface area contributed by atoms with E-state index in [1.54, 1.807) is 20.8 Å². The normalized spacial score (nSPS) is 12.8. The third-order valence-electron chi connectivity index (χ3n) is 1.75. The number of alkyl carbamates (subject to hydrolysis) is 1. The fourth-order valence-corrected chi connectivity index (χ4v) is 1.25.